The minimum Gasteiger partial charge on any atom is -0.467 e. The maximum atomic E-state index is 13.6. The molecule has 8 nitrogen and oxygen atoms in total. The molecule has 0 aromatic heterocycles. The number of carbonyl (C=O) groups is 2. The second-order valence-corrected chi connectivity index (χ2v) is 7.46. The van der Waals surface area contributed by atoms with Gasteiger partial charge in [-0.1, -0.05) is 35.9 Å². The standard InChI is InChI=1S/C22H23ClF2N2O6/c1-30-11-32-17-8-18(33-12-31-2)16(23)7-15(17)22(29)27-10-13-5-3-4-6-14(13)20(27)21(28)26-9-19(24)25/h3-8,19-20H,9-12H2,1-2H3,(H,26,28). The van der Waals surface area contributed by atoms with Crippen molar-refractivity contribution in [1.29, 1.82) is 0 Å². The van der Waals surface area contributed by atoms with Crippen molar-refractivity contribution < 1.29 is 37.3 Å². The fourth-order valence-corrected chi connectivity index (χ4v) is 3.68. The summed E-state index contributed by atoms with van der Waals surface area (Å²) in [5.74, 6) is -0.953. The number of fused-ring (bicyclic) bond motifs is 1. The summed E-state index contributed by atoms with van der Waals surface area (Å²) in [6.45, 7) is -0.959. The van der Waals surface area contributed by atoms with E-state index in [9.17, 15) is 18.4 Å². The summed E-state index contributed by atoms with van der Waals surface area (Å²) in [7, 11) is 2.86. The summed E-state index contributed by atoms with van der Waals surface area (Å²) in [4.78, 5) is 27.7. The Morgan fingerprint density at radius 2 is 1.79 bits per heavy atom. The van der Waals surface area contributed by atoms with E-state index in [1.165, 1.54) is 31.3 Å². The zero-order chi connectivity index (χ0) is 24.0. The van der Waals surface area contributed by atoms with Crippen molar-refractivity contribution in [2.24, 2.45) is 0 Å². The van der Waals surface area contributed by atoms with Gasteiger partial charge in [0, 0.05) is 26.8 Å². The first-order chi connectivity index (χ1) is 15.9. The molecule has 1 N–H and O–H groups in total. The SMILES string of the molecule is COCOc1cc(OCOC)c(C(=O)N2Cc3ccccc3C2C(=O)NCC(F)F)cc1Cl. The third-order valence-corrected chi connectivity index (χ3v) is 5.17. The molecule has 0 aliphatic carbocycles. The number of nitrogens with zero attached hydrogens (tertiary/aromatic N) is 1. The van der Waals surface area contributed by atoms with Crippen LogP contribution in [0.1, 0.15) is 27.5 Å². The maximum Gasteiger partial charge on any atom is 0.258 e. The number of amides is 2. The normalized spacial score (nSPS) is 14.8. The van der Waals surface area contributed by atoms with Crippen LogP contribution >= 0.6 is 11.6 Å². The van der Waals surface area contributed by atoms with Crippen molar-refractivity contribution in [1.82, 2.24) is 10.2 Å². The Morgan fingerprint density at radius 3 is 2.45 bits per heavy atom. The van der Waals surface area contributed by atoms with E-state index in [2.05, 4.69) is 5.32 Å². The first-order valence-electron chi connectivity index (χ1n) is 9.89. The fraction of sp³-hybridized carbons (Fsp3) is 0.364. The van der Waals surface area contributed by atoms with Gasteiger partial charge in [0.05, 0.1) is 17.1 Å². The lowest BCUT2D eigenvalue weighted by Crippen LogP contribution is -2.41. The number of halogens is 3. The highest BCUT2D eigenvalue weighted by atomic mass is 35.5. The van der Waals surface area contributed by atoms with Gasteiger partial charge in [0.2, 0.25) is 5.91 Å². The summed E-state index contributed by atoms with van der Waals surface area (Å²) in [6, 6.07) is 8.63. The van der Waals surface area contributed by atoms with Gasteiger partial charge in [-0.3, -0.25) is 9.59 Å². The summed E-state index contributed by atoms with van der Waals surface area (Å²) in [6.07, 6.45) is -2.72. The van der Waals surface area contributed by atoms with Crippen LogP contribution in [0.15, 0.2) is 36.4 Å². The first-order valence-corrected chi connectivity index (χ1v) is 10.3. The van der Waals surface area contributed by atoms with E-state index in [0.717, 1.165) is 5.56 Å². The third-order valence-electron chi connectivity index (χ3n) is 4.87. The summed E-state index contributed by atoms with van der Waals surface area (Å²) >= 11 is 6.29. The van der Waals surface area contributed by atoms with Crippen LogP contribution in [0.5, 0.6) is 11.5 Å². The van der Waals surface area contributed by atoms with Crippen LogP contribution in [0.2, 0.25) is 5.02 Å². The predicted octanol–water partition coefficient (Wildman–Crippen LogP) is 3.38. The number of ether oxygens (including phenoxy) is 4. The highest BCUT2D eigenvalue weighted by Gasteiger charge is 2.39. The molecule has 2 aromatic carbocycles. The fourth-order valence-electron chi connectivity index (χ4n) is 3.47. The third kappa shape index (κ3) is 5.70. The molecule has 0 bridgehead atoms. The first kappa shape index (κ1) is 24.7. The zero-order valence-electron chi connectivity index (χ0n) is 18.0. The molecular formula is C22H23ClF2N2O6. The second-order valence-electron chi connectivity index (χ2n) is 7.05. The van der Waals surface area contributed by atoms with Crippen molar-refractivity contribution in [3.63, 3.8) is 0 Å². The molecule has 2 amide bonds. The van der Waals surface area contributed by atoms with E-state index < -0.39 is 30.8 Å². The molecule has 1 unspecified atom stereocenters. The molecule has 178 valence electrons. The van der Waals surface area contributed by atoms with Crippen LogP contribution in [0.4, 0.5) is 8.78 Å². The lowest BCUT2D eigenvalue weighted by molar-refractivity contribution is -0.126. The number of rotatable bonds is 10. The number of benzene rings is 2. The number of hydrogen-bond acceptors (Lipinski definition) is 6. The Bertz CT molecular complexity index is 1010. The Balaban J connectivity index is 1.97. The van der Waals surface area contributed by atoms with Crippen molar-refractivity contribution in [2.45, 2.75) is 19.0 Å². The van der Waals surface area contributed by atoms with Crippen LogP contribution in [0.25, 0.3) is 0 Å². The van der Waals surface area contributed by atoms with Crippen molar-refractivity contribution in [3.05, 3.63) is 58.1 Å². The van der Waals surface area contributed by atoms with Crippen molar-refractivity contribution >= 4 is 23.4 Å². The average molecular weight is 485 g/mol. The number of methoxy groups -OCH3 is 2. The molecule has 2 aromatic rings. The predicted molar refractivity (Wildman–Crippen MR) is 115 cm³/mol. The van der Waals surface area contributed by atoms with Gasteiger partial charge < -0.3 is 29.2 Å². The molecular weight excluding hydrogens is 462 g/mol. The highest BCUT2D eigenvalue weighted by molar-refractivity contribution is 6.32. The largest absolute Gasteiger partial charge is 0.467 e. The number of hydrogen-bond donors (Lipinski definition) is 1. The molecule has 3 rings (SSSR count). The molecule has 11 heteroatoms. The van der Waals surface area contributed by atoms with Gasteiger partial charge in [0.1, 0.15) is 17.5 Å². The van der Waals surface area contributed by atoms with Gasteiger partial charge in [-0.15, -0.1) is 0 Å². The Labute approximate surface area is 194 Å². The number of carbonyl (C=O) groups excluding carboxylic acids is 2. The van der Waals surface area contributed by atoms with Crippen LogP contribution < -0.4 is 14.8 Å². The van der Waals surface area contributed by atoms with E-state index in [1.54, 1.807) is 24.3 Å². The molecule has 1 aliphatic heterocycles. The summed E-state index contributed by atoms with van der Waals surface area (Å²) < 4.78 is 46.1. The molecule has 0 saturated carbocycles. The topological polar surface area (TPSA) is 86.3 Å². The van der Waals surface area contributed by atoms with Gasteiger partial charge in [-0.05, 0) is 17.2 Å². The monoisotopic (exact) mass is 484 g/mol. The second kappa shape index (κ2) is 11.3. The minimum atomic E-state index is -2.72. The lowest BCUT2D eigenvalue weighted by atomic mass is 10.0. The number of nitrogens with one attached hydrogen (secondary N) is 1. The van der Waals surface area contributed by atoms with Gasteiger partial charge in [0.25, 0.3) is 12.3 Å². The Morgan fingerprint density at radius 1 is 1.12 bits per heavy atom. The molecule has 0 spiro atoms. The van der Waals surface area contributed by atoms with Gasteiger partial charge in [-0.25, -0.2) is 8.78 Å². The van der Waals surface area contributed by atoms with Gasteiger partial charge >= 0.3 is 0 Å². The minimum absolute atomic E-state index is 0.0567. The van der Waals surface area contributed by atoms with Crippen LogP contribution in [-0.2, 0) is 20.8 Å². The molecule has 1 heterocycles. The lowest BCUT2D eigenvalue weighted by Gasteiger charge is -2.26. The van der Waals surface area contributed by atoms with E-state index in [0.29, 0.717) is 5.56 Å². The van der Waals surface area contributed by atoms with Crippen molar-refractivity contribution in [2.75, 3.05) is 34.4 Å². The summed E-state index contributed by atoms with van der Waals surface area (Å²) in [5, 5.41) is 2.32. The quantitative estimate of drug-likeness (QED) is 0.520. The van der Waals surface area contributed by atoms with Gasteiger partial charge in [0.15, 0.2) is 13.6 Å². The number of alkyl halides is 2. The Kier molecular flexibility index (Phi) is 8.43. The molecule has 0 fully saturated rings. The molecule has 1 aliphatic rings. The highest BCUT2D eigenvalue weighted by Crippen LogP contribution is 2.39. The maximum absolute atomic E-state index is 13.6. The van der Waals surface area contributed by atoms with E-state index in [4.69, 9.17) is 30.5 Å². The van der Waals surface area contributed by atoms with Gasteiger partial charge in [-0.2, -0.15) is 0 Å². The smallest absolute Gasteiger partial charge is 0.258 e. The van der Waals surface area contributed by atoms with Crippen molar-refractivity contribution in [3.8, 4) is 11.5 Å². The molecule has 33 heavy (non-hydrogen) atoms. The van der Waals surface area contributed by atoms with Crippen LogP contribution in [0.3, 0.4) is 0 Å². The van der Waals surface area contributed by atoms with E-state index >= 15 is 0 Å². The molecule has 1 atom stereocenters. The van der Waals surface area contributed by atoms with Crippen LogP contribution in [-0.4, -0.2) is 57.5 Å². The zero-order valence-corrected chi connectivity index (χ0v) is 18.7. The van der Waals surface area contributed by atoms with E-state index in [1.807, 2.05) is 0 Å². The summed E-state index contributed by atoms with van der Waals surface area (Å²) in [5.41, 5.74) is 1.35. The molecule has 0 saturated heterocycles. The average Bonchev–Trinajstić information content (AvgIpc) is 3.20. The Hall–Kier alpha value is -2.95. The van der Waals surface area contributed by atoms with Crippen LogP contribution in [0, 0.1) is 0 Å². The molecule has 0 radical (unpaired) electrons. The van der Waals surface area contributed by atoms with E-state index in [-0.39, 0.29) is 42.2 Å².